The van der Waals surface area contributed by atoms with E-state index in [9.17, 15) is 13.2 Å². The molecular formula is C14H10Cl2F3NO. The zero-order valence-corrected chi connectivity index (χ0v) is 12.1. The molecule has 0 amide bonds. The number of ether oxygens (including phenoxy) is 1. The van der Waals surface area contributed by atoms with Gasteiger partial charge in [-0.1, -0.05) is 23.7 Å². The highest BCUT2D eigenvalue weighted by Gasteiger charge is 2.29. The third kappa shape index (κ3) is 4.51. The monoisotopic (exact) mass is 335 g/mol. The first-order valence-corrected chi connectivity index (χ1v) is 6.80. The quantitative estimate of drug-likeness (QED) is 0.726. The fourth-order valence-electron chi connectivity index (χ4n) is 1.70. The number of benzene rings is 1. The third-order valence-corrected chi connectivity index (χ3v) is 3.11. The molecule has 0 saturated heterocycles. The highest BCUT2D eigenvalue weighted by Crippen LogP contribution is 2.32. The van der Waals surface area contributed by atoms with E-state index in [1.165, 1.54) is 6.20 Å². The zero-order valence-electron chi connectivity index (χ0n) is 10.6. The minimum absolute atomic E-state index is 0.108. The van der Waals surface area contributed by atoms with Crippen LogP contribution in [-0.2, 0) is 5.88 Å². The van der Waals surface area contributed by atoms with E-state index in [1.54, 1.807) is 30.3 Å². The maximum absolute atomic E-state index is 12.3. The van der Waals surface area contributed by atoms with Gasteiger partial charge in [0, 0.05) is 22.7 Å². The minimum atomic E-state index is -4.43. The van der Waals surface area contributed by atoms with Crippen LogP contribution in [0, 0.1) is 0 Å². The normalized spacial score (nSPS) is 11.5. The summed E-state index contributed by atoms with van der Waals surface area (Å²) in [5.74, 6) is 0.0867. The van der Waals surface area contributed by atoms with Crippen LogP contribution < -0.4 is 4.74 Å². The van der Waals surface area contributed by atoms with Gasteiger partial charge in [0.2, 0.25) is 5.88 Å². The number of aromatic nitrogens is 1. The predicted octanol–water partition coefficient (Wildman–Crippen LogP) is 5.08. The molecule has 0 atom stereocenters. The SMILES string of the molecule is FC(F)(F)COc1ncc(CCl)cc1-c1cccc(Cl)c1. The number of rotatable bonds is 4. The summed E-state index contributed by atoms with van der Waals surface area (Å²) < 4.78 is 41.6. The Bertz CT molecular complexity index is 632. The molecule has 0 fully saturated rings. The lowest BCUT2D eigenvalue weighted by Gasteiger charge is -2.13. The average Bonchev–Trinajstić information content (AvgIpc) is 2.44. The lowest BCUT2D eigenvalue weighted by atomic mass is 10.1. The van der Waals surface area contributed by atoms with Crippen molar-refractivity contribution in [1.82, 2.24) is 4.98 Å². The third-order valence-electron chi connectivity index (χ3n) is 2.57. The van der Waals surface area contributed by atoms with E-state index in [2.05, 4.69) is 4.98 Å². The van der Waals surface area contributed by atoms with Crippen molar-refractivity contribution in [2.75, 3.05) is 6.61 Å². The van der Waals surface area contributed by atoms with Crippen LogP contribution in [0.4, 0.5) is 13.2 Å². The Kier molecular flexibility index (Phi) is 4.96. The number of hydrogen-bond acceptors (Lipinski definition) is 2. The van der Waals surface area contributed by atoms with Crippen molar-refractivity contribution < 1.29 is 17.9 Å². The van der Waals surface area contributed by atoms with E-state index in [0.29, 0.717) is 21.7 Å². The fourth-order valence-corrected chi connectivity index (χ4v) is 2.03. The Labute approximate surface area is 129 Å². The molecule has 0 aliphatic rings. The highest BCUT2D eigenvalue weighted by molar-refractivity contribution is 6.30. The van der Waals surface area contributed by atoms with Crippen LogP contribution >= 0.6 is 23.2 Å². The van der Waals surface area contributed by atoms with E-state index in [4.69, 9.17) is 27.9 Å². The number of hydrogen-bond donors (Lipinski definition) is 0. The maximum Gasteiger partial charge on any atom is 0.422 e. The second-order valence-electron chi connectivity index (χ2n) is 4.24. The van der Waals surface area contributed by atoms with Gasteiger partial charge >= 0.3 is 6.18 Å². The first kappa shape index (κ1) is 15.9. The first-order valence-electron chi connectivity index (χ1n) is 5.89. The van der Waals surface area contributed by atoms with Gasteiger partial charge in [-0.05, 0) is 29.3 Å². The molecular weight excluding hydrogens is 326 g/mol. The molecule has 1 heterocycles. The van der Waals surface area contributed by atoms with Crippen LogP contribution in [0.2, 0.25) is 5.02 Å². The molecule has 1 aromatic heterocycles. The molecule has 0 radical (unpaired) electrons. The number of pyridine rings is 1. The summed E-state index contributed by atoms with van der Waals surface area (Å²) in [5.41, 5.74) is 1.70. The summed E-state index contributed by atoms with van der Waals surface area (Å²) >= 11 is 11.6. The Morgan fingerprint density at radius 2 is 1.95 bits per heavy atom. The summed E-state index contributed by atoms with van der Waals surface area (Å²) in [6, 6.07) is 8.33. The van der Waals surface area contributed by atoms with Gasteiger partial charge in [0.05, 0.1) is 0 Å². The standard InChI is InChI=1S/C14H10Cl2F3NO/c15-6-9-4-12(10-2-1-3-11(16)5-10)13(20-7-9)21-8-14(17,18)19/h1-5,7H,6,8H2. The van der Waals surface area contributed by atoms with E-state index in [-0.39, 0.29) is 11.8 Å². The van der Waals surface area contributed by atoms with Crippen LogP contribution in [0.25, 0.3) is 11.1 Å². The van der Waals surface area contributed by atoms with Crippen molar-refractivity contribution >= 4 is 23.2 Å². The van der Waals surface area contributed by atoms with Gasteiger partial charge in [-0.2, -0.15) is 13.2 Å². The van der Waals surface area contributed by atoms with E-state index in [0.717, 1.165) is 0 Å². The van der Waals surface area contributed by atoms with Gasteiger partial charge in [-0.3, -0.25) is 0 Å². The van der Waals surface area contributed by atoms with E-state index >= 15 is 0 Å². The van der Waals surface area contributed by atoms with Crippen LogP contribution in [0.15, 0.2) is 36.5 Å². The van der Waals surface area contributed by atoms with Crippen molar-refractivity contribution in [3.8, 4) is 17.0 Å². The molecule has 2 aromatic rings. The molecule has 0 unspecified atom stereocenters. The molecule has 2 nitrogen and oxygen atoms in total. The largest absolute Gasteiger partial charge is 0.468 e. The fraction of sp³-hybridized carbons (Fsp3) is 0.214. The number of halogens is 5. The molecule has 112 valence electrons. The first-order chi connectivity index (χ1) is 9.89. The minimum Gasteiger partial charge on any atom is -0.468 e. The van der Waals surface area contributed by atoms with Gasteiger partial charge in [0.1, 0.15) is 0 Å². The Morgan fingerprint density at radius 3 is 2.57 bits per heavy atom. The van der Waals surface area contributed by atoms with Crippen LogP contribution in [0.5, 0.6) is 5.88 Å². The van der Waals surface area contributed by atoms with Crippen molar-refractivity contribution in [2.24, 2.45) is 0 Å². The summed E-state index contributed by atoms with van der Waals surface area (Å²) in [6.45, 7) is -1.41. The van der Waals surface area contributed by atoms with Crippen molar-refractivity contribution in [3.05, 3.63) is 47.1 Å². The lowest BCUT2D eigenvalue weighted by Crippen LogP contribution is -2.20. The molecule has 1 aromatic carbocycles. The molecule has 7 heteroatoms. The van der Waals surface area contributed by atoms with Gasteiger partial charge in [0.15, 0.2) is 6.61 Å². The molecule has 2 rings (SSSR count). The average molecular weight is 336 g/mol. The second-order valence-corrected chi connectivity index (χ2v) is 4.95. The lowest BCUT2D eigenvalue weighted by molar-refractivity contribution is -0.154. The zero-order chi connectivity index (χ0) is 15.5. The summed E-state index contributed by atoms with van der Waals surface area (Å²) in [4.78, 5) is 3.91. The predicted molar refractivity (Wildman–Crippen MR) is 75.8 cm³/mol. The maximum atomic E-state index is 12.3. The molecule has 0 saturated carbocycles. The van der Waals surface area contributed by atoms with E-state index < -0.39 is 12.8 Å². The molecule has 0 N–H and O–H groups in total. The van der Waals surface area contributed by atoms with Gasteiger partial charge in [0.25, 0.3) is 0 Å². The molecule has 0 aliphatic carbocycles. The van der Waals surface area contributed by atoms with Crippen LogP contribution in [0.3, 0.4) is 0 Å². The molecule has 0 aliphatic heterocycles. The van der Waals surface area contributed by atoms with Crippen LogP contribution in [-0.4, -0.2) is 17.8 Å². The molecule has 0 spiro atoms. The van der Waals surface area contributed by atoms with Crippen molar-refractivity contribution in [1.29, 1.82) is 0 Å². The van der Waals surface area contributed by atoms with Crippen molar-refractivity contribution in [2.45, 2.75) is 12.1 Å². The van der Waals surface area contributed by atoms with Crippen molar-refractivity contribution in [3.63, 3.8) is 0 Å². The van der Waals surface area contributed by atoms with Gasteiger partial charge in [-0.25, -0.2) is 4.98 Å². The van der Waals surface area contributed by atoms with Gasteiger partial charge < -0.3 is 4.74 Å². The van der Waals surface area contributed by atoms with Crippen LogP contribution in [0.1, 0.15) is 5.56 Å². The summed E-state index contributed by atoms with van der Waals surface area (Å²) in [7, 11) is 0. The smallest absolute Gasteiger partial charge is 0.422 e. The topological polar surface area (TPSA) is 22.1 Å². The summed E-state index contributed by atoms with van der Waals surface area (Å²) in [5, 5.41) is 0.463. The Hall–Kier alpha value is -1.46. The van der Waals surface area contributed by atoms with Gasteiger partial charge in [-0.15, -0.1) is 11.6 Å². The van der Waals surface area contributed by atoms with E-state index in [1.807, 2.05) is 0 Å². The Morgan fingerprint density at radius 1 is 1.19 bits per heavy atom. The molecule has 21 heavy (non-hydrogen) atoms. The number of nitrogens with zero attached hydrogens (tertiary/aromatic N) is 1. The Balaban J connectivity index is 2.40. The highest BCUT2D eigenvalue weighted by atomic mass is 35.5. The molecule has 0 bridgehead atoms. The second kappa shape index (κ2) is 6.54. The summed E-state index contributed by atoms with van der Waals surface area (Å²) in [6.07, 6.45) is -3.05. The number of alkyl halides is 4.